The summed E-state index contributed by atoms with van der Waals surface area (Å²) in [7, 11) is 3.08. The van der Waals surface area contributed by atoms with Crippen molar-refractivity contribution in [3.63, 3.8) is 0 Å². The van der Waals surface area contributed by atoms with Crippen LogP contribution in [0.5, 0.6) is 0 Å². The SMILES string of the molecule is COC1[C@H](OC)O[C@H](COC(c2ccccc2)(c2ccccc2)c2ccccc2)[C@@]1(C)O. The summed E-state index contributed by atoms with van der Waals surface area (Å²) >= 11 is 0. The van der Waals surface area contributed by atoms with Crippen molar-refractivity contribution in [1.29, 1.82) is 0 Å². The number of hydrogen-bond donors (Lipinski definition) is 1. The van der Waals surface area contributed by atoms with Crippen LogP contribution in [0.15, 0.2) is 91.0 Å². The average Bonchev–Trinajstić information content (AvgIpc) is 3.10. The van der Waals surface area contributed by atoms with Crippen molar-refractivity contribution < 1.29 is 24.1 Å². The summed E-state index contributed by atoms with van der Waals surface area (Å²) in [6.07, 6.45) is -1.95. The first-order valence-electron chi connectivity index (χ1n) is 10.8. The maximum absolute atomic E-state index is 11.2. The molecule has 0 aromatic heterocycles. The Bertz CT molecular complexity index is 878. The van der Waals surface area contributed by atoms with Gasteiger partial charge in [-0.1, -0.05) is 91.0 Å². The molecule has 168 valence electrons. The Morgan fingerprint density at radius 2 is 1.22 bits per heavy atom. The lowest BCUT2D eigenvalue weighted by atomic mass is 9.80. The maximum Gasteiger partial charge on any atom is 0.186 e. The topological polar surface area (TPSA) is 57.2 Å². The predicted molar refractivity (Wildman–Crippen MR) is 122 cm³/mol. The van der Waals surface area contributed by atoms with Gasteiger partial charge < -0.3 is 24.1 Å². The fourth-order valence-electron chi connectivity index (χ4n) is 4.54. The van der Waals surface area contributed by atoms with Crippen molar-refractivity contribution in [3.8, 4) is 0 Å². The van der Waals surface area contributed by atoms with Crippen molar-refractivity contribution in [2.24, 2.45) is 0 Å². The Morgan fingerprint density at radius 1 is 0.781 bits per heavy atom. The molecule has 3 aromatic carbocycles. The number of ether oxygens (including phenoxy) is 4. The standard InChI is InChI=1S/C27H30O5/c1-26(28)23(32-25(30-3)24(26)29-2)19-31-27(20-13-7-4-8-14-20,21-15-9-5-10-16-21)22-17-11-6-12-18-22/h4-18,23-25,28H,19H2,1-3H3/t23-,24?,25-,26-/m1/s1. The number of benzene rings is 3. The number of aliphatic hydroxyl groups is 1. The van der Waals surface area contributed by atoms with E-state index in [1.54, 1.807) is 14.0 Å². The Kier molecular flexibility index (Phi) is 6.74. The molecule has 3 aromatic rings. The monoisotopic (exact) mass is 434 g/mol. The molecular formula is C27H30O5. The predicted octanol–water partition coefficient (Wildman–Crippen LogP) is 4.13. The lowest BCUT2D eigenvalue weighted by Crippen LogP contribution is -2.49. The highest BCUT2D eigenvalue weighted by atomic mass is 16.7. The van der Waals surface area contributed by atoms with E-state index < -0.39 is 29.7 Å². The van der Waals surface area contributed by atoms with Crippen LogP contribution in [-0.4, -0.2) is 50.0 Å². The van der Waals surface area contributed by atoms with Gasteiger partial charge in [0.25, 0.3) is 0 Å². The van der Waals surface area contributed by atoms with Gasteiger partial charge in [-0.3, -0.25) is 0 Å². The Labute approximate surface area is 189 Å². The molecule has 1 fully saturated rings. The smallest absolute Gasteiger partial charge is 0.186 e. The number of hydrogen-bond acceptors (Lipinski definition) is 5. The van der Waals surface area contributed by atoms with Crippen LogP contribution in [0.1, 0.15) is 23.6 Å². The summed E-state index contributed by atoms with van der Waals surface area (Å²) in [5.74, 6) is 0. The molecular weight excluding hydrogens is 404 g/mol. The van der Waals surface area contributed by atoms with Crippen molar-refractivity contribution in [1.82, 2.24) is 0 Å². The molecule has 1 N–H and O–H groups in total. The van der Waals surface area contributed by atoms with Gasteiger partial charge in [-0.2, -0.15) is 0 Å². The molecule has 0 radical (unpaired) electrons. The minimum atomic E-state index is -1.29. The van der Waals surface area contributed by atoms with E-state index in [9.17, 15) is 5.11 Å². The average molecular weight is 435 g/mol. The Hall–Kier alpha value is -2.54. The van der Waals surface area contributed by atoms with Crippen LogP contribution in [0.2, 0.25) is 0 Å². The van der Waals surface area contributed by atoms with Crippen LogP contribution in [0.3, 0.4) is 0 Å². The summed E-state index contributed by atoms with van der Waals surface area (Å²) in [6.45, 7) is 1.83. The second-order valence-corrected chi connectivity index (χ2v) is 8.20. The van der Waals surface area contributed by atoms with Crippen molar-refractivity contribution >= 4 is 0 Å². The third-order valence-electron chi connectivity index (χ3n) is 6.25. The van der Waals surface area contributed by atoms with E-state index in [-0.39, 0.29) is 6.61 Å². The quantitative estimate of drug-likeness (QED) is 0.540. The van der Waals surface area contributed by atoms with Crippen LogP contribution in [0.4, 0.5) is 0 Å². The van der Waals surface area contributed by atoms with E-state index >= 15 is 0 Å². The lowest BCUT2D eigenvalue weighted by molar-refractivity contribution is -0.166. The van der Waals surface area contributed by atoms with Crippen molar-refractivity contribution in [2.75, 3.05) is 20.8 Å². The first-order chi connectivity index (χ1) is 15.5. The highest BCUT2D eigenvalue weighted by molar-refractivity contribution is 5.47. The van der Waals surface area contributed by atoms with Crippen molar-refractivity contribution in [2.45, 2.75) is 36.6 Å². The molecule has 1 unspecified atom stereocenters. The van der Waals surface area contributed by atoms with Crippen LogP contribution >= 0.6 is 0 Å². The number of rotatable bonds is 8. The maximum atomic E-state index is 11.2. The molecule has 1 aliphatic heterocycles. The molecule has 0 spiro atoms. The van der Waals surface area contributed by atoms with E-state index in [2.05, 4.69) is 36.4 Å². The highest BCUT2D eigenvalue weighted by Crippen LogP contribution is 2.42. The minimum Gasteiger partial charge on any atom is -0.384 e. The molecule has 32 heavy (non-hydrogen) atoms. The molecule has 4 atom stereocenters. The zero-order valence-corrected chi connectivity index (χ0v) is 18.7. The zero-order chi connectivity index (χ0) is 22.6. The van der Waals surface area contributed by atoms with Crippen LogP contribution < -0.4 is 0 Å². The summed E-state index contributed by atoms with van der Waals surface area (Å²) < 4.78 is 23.7. The van der Waals surface area contributed by atoms with Gasteiger partial charge in [0.2, 0.25) is 0 Å². The van der Waals surface area contributed by atoms with Crippen LogP contribution in [-0.2, 0) is 24.5 Å². The molecule has 0 saturated carbocycles. The van der Waals surface area contributed by atoms with Gasteiger partial charge in [-0.15, -0.1) is 0 Å². The second kappa shape index (κ2) is 9.53. The summed E-state index contributed by atoms with van der Waals surface area (Å²) in [5, 5.41) is 11.2. The van der Waals surface area contributed by atoms with Gasteiger partial charge in [-0.05, 0) is 23.6 Å². The molecule has 1 heterocycles. The lowest BCUT2D eigenvalue weighted by Gasteiger charge is -2.38. The third kappa shape index (κ3) is 3.98. The fourth-order valence-corrected chi connectivity index (χ4v) is 4.54. The van der Waals surface area contributed by atoms with E-state index in [4.69, 9.17) is 18.9 Å². The van der Waals surface area contributed by atoms with Gasteiger partial charge in [0.1, 0.15) is 23.4 Å². The van der Waals surface area contributed by atoms with Gasteiger partial charge in [0.15, 0.2) is 6.29 Å². The minimum absolute atomic E-state index is 0.130. The molecule has 0 bridgehead atoms. The first-order valence-corrected chi connectivity index (χ1v) is 10.8. The number of methoxy groups -OCH3 is 2. The first kappa shape index (κ1) is 22.6. The van der Waals surface area contributed by atoms with Gasteiger partial charge in [0.05, 0.1) is 6.61 Å². The second-order valence-electron chi connectivity index (χ2n) is 8.20. The van der Waals surface area contributed by atoms with E-state index in [1.165, 1.54) is 7.11 Å². The van der Waals surface area contributed by atoms with Crippen LogP contribution in [0.25, 0.3) is 0 Å². The third-order valence-corrected chi connectivity index (χ3v) is 6.25. The van der Waals surface area contributed by atoms with Gasteiger partial charge in [-0.25, -0.2) is 0 Å². The Morgan fingerprint density at radius 3 is 1.56 bits per heavy atom. The Balaban J connectivity index is 1.79. The molecule has 0 amide bonds. The van der Waals surface area contributed by atoms with Gasteiger partial charge in [0, 0.05) is 14.2 Å². The fraction of sp³-hybridized carbons (Fsp3) is 0.333. The van der Waals surface area contributed by atoms with Crippen LogP contribution in [0, 0.1) is 0 Å². The summed E-state index contributed by atoms with van der Waals surface area (Å²) in [4.78, 5) is 0. The van der Waals surface area contributed by atoms with E-state index in [0.29, 0.717) is 0 Å². The molecule has 1 aliphatic rings. The van der Waals surface area contributed by atoms with Crippen molar-refractivity contribution in [3.05, 3.63) is 108 Å². The van der Waals surface area contributed by atoms with E-state index in [1.807, 2.05) is 54.6 Å². The summed E-state index contributed by atoms with van der Waals surface area (Å²) in [5.41, 5.74) is 0.784. The highest BCUT2D eigenvalue weighted by Gasteiger charge is 2.54. The van der Waals surface area contributed by atoms with E-state index in [0.717, 1.165) is 16.7 Å². The summed E-state index contributed by atoms with van der Waals surface area (Å²) in [6, 6.07) is 30.3. The normalized spacial score (nSPS) is 25.7. The molecule has 5 heteroatoms. The molecule has 5 nitrogen and oxygen atoms in total. The zero-order valence-electron chi connectivity index (χ0n) is 18.7. The molecule has 1 saturated heterocycles. The largest absolute Gasteiger partial charge is 0.384 e. The molecule has 0 aliphatic carbocycles. The van der Waals surface area contributed by atoms with Gasteiger partial charge >= 0.3 is 0 Å². The molecule has 4 rings (SSSR count).